The molecule has 3 amide bonds. The first kappa shape index (κ1) is 33.2. The highest BCUT2D eigenvalue weighted by atomic mass is 16.4. The zero-order valence-corrected chi connectivity index (χ0v) is 20.7. The molecule has 0 radical (unpaired) electrons. The van der Waals surface area contributed by atoms with Gasteiger partial charge in [-0.2, -0.15) is 0 Å². The van der Waals surface area contributed by atoms with Crippen LogP contribution in [0.2, 0.25) is 0 Å². The van der Waals surface area contributed by atoms with E-state index in [-0.39, 0.29) is 12.8 Å². The summed E-state index contributed by atoms with van der Waals surface area (Å²) in [5, 5.41) is 25.5. The number of carbonyl (C=O) groups excluding carboxylic acids is 3. The Labute approximate surface area is 211 Å². The van der Waals surface area contributed by atoms with Crippen molar-refractivity contribution in [3.05, 3.63) is 0 Å². The molecule has 13 N–H and O–H groups in total. The number of unbranched alkanes of at least 4 members (excludes halogenated alkanes) is 3. The van der Waals surface area contributed by atoms with Crippen LogP contribution in [0.5, 0.6) is 0 Å². The second-order valence-corrected chi connectivity index (χ2v) is 8.58. The lowest BCUT2D eigenvalue weighted by atomic mass is 10.0. The van der Waals surface area contributed by atoms with Gasteiger partial charge in [-0.05, 0) is 71.0 Å². The lowest BCUT2D eigenvalue weighted by Gasteiger charge is -2.25. The Balaban J connectivity index is 5.48. The van der Waals surface area contributed by atoms with Gasteiger partial charge in [0, 0.05) is 0 Å². The third-order valence-electron chi connectivity index (χ3n) is 5.46. The molecule has 0 spiro atoms. The molecule has 36 heavy (non-hydrogen) atoms. The summed E-state index contributed by atoms with van der Waals surface area (Å²) in [7, 11) is 0. The summed E-state index contributed by atoms with van der Waals surface area (Å²) in [6, 6.07) is -4.66. The Hall–Kier alpha value is -2.81. The molecule has 0 aliphatic rings. The number of rotatable bonds is 21. The fraction of sp³-hybridized carbons (Fsp3) is 0.773. The van der Waals surface area contributed by atoms with Crippen molar-refractivity contribution < 1.29 is 34.2 Å². The predicted octanol–water partition coefficient (Wildman–Crippen LogP) is -2.29. The minimum absolute atomic E-state index is 0.135. The number of amides is 3. The topological polar surface area (TPSA) is 266 Å². The van der Waals surface area contributed by atoms with Gasteiger partial charge < -0.3 is 49.1 Å². The lowest BCUT2D eigenvalue weighted by molar-refractivity contribution is -0.147. The lowest BCUT2D eigenvalue weighted by Crippen LogP contribution is -2.57. The Morgan fingerprint density at radius 3 is 1.36 bits per heavy atom. The Morgan fingerprint density at radius 1 is 0.583 bits per heavy atom. The summed E-state index contributed by atoms with van der Waals surface area (Å²) in [6.45, 7) is 1.21. The van der Waals surface area contributed by atoms with Crippen molar-refractivity contribution in [2.75, 3.05) is 19.6 Å². The van der Waals surface area contributed by atoms with E-state index in [1.165, 1.54) is 0 Å². The van der Waals surface area contributed by atoms with E-state index in [2.05, 4.69) is 16.0 Å². The van der Waals surface area contributed by atoms with E-state index in [1.807, 2.05) is 0 Å². The minimum Gasteiger partial charge on any atom is -0.481 e. The molecule has 0 aromatic heterocycles. The van der Waals surface area contributed by atoms with E-state index >= 15 is 0 Å². The molecule has 0 aliphatic heterocycles. The summed E-state index contributed by atoms with van der Waals surface area (Å²) >= 11 is 0. The van der Waals surface area contributed by atoms with E-state index < -0.39 is 60.2 Å². The second kappa shape index (κ2) is 19.4. The van der Waals surface area contributed by atoms with Crippen LogP contribution in [0.15, 0.2) is 0 Å². The molecule has 14 nitrogen and oxygen atoms in total. The highest BCUT2D eigenvalue weighted by Gasteiger charge is 2.30. The van der Waals surface area contributed by atoms with E-state index in [0.717, 1.165) is 0 Å². The first-order valence-corrected chi connectivity index (χ1v) is 12.3. The number of carbonyl (C=O) groups is 5. The number of aliphatic carboxylic acids is 2. The molecule has 0 rings (SSSR count). The molecule has 0 saturated carbocycles. The van der Waals surface area contributed by atoms with Crippen LogP contribution in [0.3, 0.4) is 0 Å². The van der Waals surface area contributed by atoms with E-state index in [1.54, 1.807) is 0 Å². The number of nitrogens with two attached hydrogens (primary N) is 4. The van der Waals surface area contributed by atoms with Gasteiger partial charge in [0.05, 0.1) is 12.5 Å². The van der Waals surface area contributed by atoms with Gasteiger partial charge in [-0.3, -0.25) is 19.2 Å². The maximum Gasteiger partial charge on any atom is 0.326 e. The minimum atomic E-state index is -1.67. The normalized spacial score (nSPS) is 14.2. The van der Waals surface area contributed by atoms with Crippen LogP contribution in [0.4, 0.5) is 0 Å². The van der Waals surface area contributed by atoms with Gasteiger partial charge in [0.2, 0.25) is 17.7 Å². The fourth-order valence-corrected chi connectivity index (χ4v) is 3.36. The average molecular weight is 518 g/mol. The average Bonchev–Trinajstić information content (AvgIpc) is 2.81. The van der Waals surface area contributed by atoms with Gasteiger partial charge in [0.15, 0.2) is 0 Å². The summed E-state index contributed by atoms with van der Waals surface area (Å²) in [4.78, 5) is 60.7. The SMILES string of the molecule is NCCCC[C@H](NC(=O)[C@H](CCCCN)NC(=O)[C@@H](N)CCCCN)C(=O)N[C@@H](CC(=O)O)C(=O)O. The van der Waals surface area contributed by atoms with Crippen molar-refractivity contribution in [1.82, 2.24) is 16.0 Å². The molecule has 0 aromatic rings. The second-order valence-electron chi connectivity index (χ2n) is 8.58. The van der Waals surface area contributed by atoms with Crippen molar-refractivity contribution in [1.29, 1.82) is 0 Å². The summed E-state index contributed by atoms with van der Waals surface area (Å²) < 4.78 is 0. The third kappa shape index (κ3) is 14.6. The van der Waals surface area contributed by atoms with Crippen LogP contribution in [-0.2, 0) is 24.0 Å². The zero-order valence-electron chi connectivity index (χ0n) is 20.7. The first-order valence-electron chi connectivity index (χ1n) is 12.3. The van der Waals surface area contributed by atoms with Crippen molar-refractivity contribution in [2.24, 2.45) is 22.9 Å². The van der Waals surface area contributed by atoms with Gasteiger partial charge in [-0.25, -0.2) is 4.79 Å². The van der Waals surface area contributed by atoms with Crippen LogP contribution in [0.1, 0.15) is 64.2 Å². The Morgan fingerprint density at radius 2 is 0.972 bits per heavy atom. The number of hydrogen-bond acceptors (Lipinski definition) is 9. The number of hydrogen-bond donors (Lipinski definition) is 9. The molecular formula is C22H43N7O7. The largest absolute Gasteiger partial charge is 0.481 e. The molecule has 0 bridgehead atoms. The van der Waals surface area contributed by atoms with Crippen LogP contribution < -0.4 is 38.9 Å². The molecular weight excluding hydrogens is 474 g/mol. The summed E-state index contributed by atoms with van der Waals surface area (Å²) in [5.74, 6) is -4.94. The van der Waals surface area contributed by atoms with Gasteiger partial charge in [0.1, 0.15) is 18.1 Å². The smallest absolute Gasteiger partial charge is 0.326 e. The predicted molar refractivity (Wildman–Crippen MR) is 132 cm³/mol. The van der Waals surface area contributed by atoms with E-state index in [9.17, 15) is 29.1 Å². The molecule has 0 unspecified atom stereocenters. The van der Waals surface area contributed by atoms with Crippen molar-refractivity contribution in [3.8, 4) is 0 Å². The molecule has 14 heteroatoms. The highest BCUT2D eigenvalue weighted by Crippen LogP contribution is 2.07. The number of carboxylic acids is 2. The summed E-state index contributed by atoms with van der Waals surface area (Å²) in [6.07, 6.45) is 3.44. The highest BCUT2D eigenvalue weighted by molar-refractivity contribution is 5.94. The summed E-state index contributed by atoms with van der Waals surface area (Å²) in [5.41, 5.74) is 22.4. The molecule has 0 aliphatic carbocycles. The van der Waals surface area contributed by atoms with Gasteiger partial charge in [-0.1, -0.05) is 6.42 Å². The Bertz CT molecular complexity index is 708. The molecule has 0 heterocycles. The van der Waals surface area contributed by atoms with Crippen molar-refractivity contribution >= 4 is 29.7 Å². The van der Waals surface area contributed by atoms with E-state index in [0.29, 0.717) is 64.6 Å². The van der Waals surface area contributed by atoms with E-state index in [4.69, 9.17) is 28.0 Å². The quantitative estimate of drug-likeness (QED) is 0.0731. The van der Waals surface area contributed by atoms with Crippen molar-refractivity contribution in [2.45, 2.75) is 88.4 Å². The van der Waals surface area contributed by atoms with Crippen LogP contribution in [0, 0.1) is 0 Å². The maximum absolute atomic E-state index is 13.1. The third-order valence-corrected chi connectivity index (χ3v) is 5.46. The van der Waals surface area contributed by atoms with Gasteiger partial charge in [0.25, 0.3) is 0 Å². The molecule has 208 valence electrons. The molecule has 0 aromatic carbocycles. The molecule has 4 atom stereocenters. The standard InChI is InChI=1S/C22H43N7O7/c23-10-4-1-7-14(26)19(32)27-15(8-2-5-11-24)20(33)28-16(9-3-6-12-25)21(34)29-17(22(35)36)13-18(30)31/h14-17H,1-13,23-26H2,(H,27,32)(H,28,33)(H,29,34)(H,30,31)(H,35,36)/t14-,15-,16-,17-/m0/s1. The van der Waals surface area contributed by atoms with Crippen LogP contribution in [-0.4, -0.2) is 83.7 Å². The van der Waals surface area contributed by atoms with Gasteiger partial charge in [-0.15, -0.1) is 0 Å². The monoisotopic (exact) mass is 517 g/mol. The number of nitrogens with one attached hydrogen (secondary N) is 3. The number of carboxylic acid groups (broad SMARTS) is 2. The molecule has 0 saturated heterocycles. The van der Waals surface area contributed by atoms with Gasteiger partial charge >= 0.3 is 11.9 Å². The van der Waals surface area contributed by atoms with Crippen LogP contribution in [0.25, 0.3) is 0 Å². The maximum atomic E-state index is 13.1. The van der Waals surface area contributed by atoms with Crippen LogP contribution >= 0.6 is 0 Å². The fourth-order valence-electron chi connectivity index (χ4n) is 3.36. The molecule has 0 fully saturated rings. The first-order chi connectivity index (χ1) is 17.1. The van der Waals surface area contributed by atoms with Crippen molar-refractivity contribution in [3.63, 3.8) is 0 Å². The zero-order chi connectivity index (χ0) is 27.5. The Kier molecular flexibility index (Phi) is 17.9.